The molecule has 3 aliphatic rings. The summed E-state index contributed by atoms with van der Waals surface area (Å²) in [5.41, 5.74) is 0.665. The molecule has 17 heteroatoms. The van der Waals surface area contributed by atoms with E-state index in [1.54, 1.807) is 65.8 Å². The number of phenols is 2. The number of Topliss-reactive ketones (excluding diaryl/α,β-unsaturated/α-hetero) is 1. The Morgan fingerprint density at radius 1 is 1.00 bits per heavy atom. The fourth-order valence-electron chi connectivity index (χ4n) is 8.55. The number of phenolic OH excluding ortho intramolecular Hbond substituents is 2. The van der Waals surface area contributed by atoms with Gasteiger partial charge in [0, 0.05) is 93.9 Å². The van der Waals surface area contributed by atoms with E-state index in [2.05, 4.69) is 15.1 Å². The van der Waals surface area contributed by atoms with E-state index in [-0.39, 0.29) is 56.8 Å². The largest absolute Gasteiger partial charge is 0.507 e. The van der Waals surface area contributed by atoms with Crippen LogP contribution < -0.4 is 15.0 Å². The number of hydrogen-bond donors (Lipinski definition) is 6. The number of β-amino-alcohol motifs (C(OH)–C–C–N with tert-alkyl or cyclic N) is 1. The number of hydrogen-bond acceptors (Lipinski definition) is 16. The lowest BCUT2D eigenvalue weighted by molar-refractivity contribution is -0.160. The van der Waals surface area contributed by atoms with Crippen LogP contribution in [0.4, 0.5) is 10.8 Å². The number of aliphatic hydroxyl groups excluding tert-OH is 3. The minimum atomic E-state index is -1.97. The molecule has 2 aromatic carbocycles. The maximum Gasteiger partial charge on any atom is 0.312 e. The van der Waals surface area contributed by atoms with E-state index in [0.29, 0.717) is 42.6 Å². The summed E-state index contributed by atoms with van der Waals surface area (Å²) in [4.78, 5) is 50.1. The summed E-state index contributed by atoms with van der Waals surface area (Å²) in [6, 6.07) is 0. The molecule has 1 amide bonds. The molecule has 0 spiro atoms. The molecule has 9 atom stereocenters. The molecule has 0 saturated carbocycles. The van der Waals surface area contributed by atoms with Gasteiger partial charge in [-0.25, -0.2) is 4.98 Å². The Balaban J connectivity index is 1.53. The Bertz CT molecular complexity index is 2270. The number of nitrogens with zero attached hydrogens (tertiary/aromatic N) is 3. The van der Waals surface area contributed by atoms with E-state index in [1.165, 1.54) is 38.6 Å². The van der Waals surface area contributed by atoms with Crippen molar-refractivity contribution in [3.05, 3.63) is 47.3 Å². The molecule has 3 aromatic rings. The van der Waals surface area contributed by atoms with Crippen LogP contribution >= 0.6 is 11.3 Å². The number of allylic oxidation sites excluding steroid dienone is 2. The summed E-state index contributed by atoms with van der Waals surface area (Å²) in [6.45, 7) is 15.9. The summed E-state index contributed by atoms with van der Waals surface area (Å²) in [7, 11) is 1.46. The molecule has 4 bridgehead atoms. The first-order chi connectivity index (χ1) is 28.8. The first-order valence-corrected chi connectivity index (χ1v) is 21.4. The topological polar surface area (TPSA) is 221 Å². The van der Waals surface area contributed by atoms with Gasteiger partial charge in [0.2, 0.25) is 0 Å². The van der Waals surface area contributed by atoms with Crippen LogP contribution in [-0.2, 0) is 23.8 Å². The third-order valence-corrected chi connectivity index (χ3v) is 13.5. The number of aliphatic hydroxyl groups is 3. The maximum atomic E-state index is 14.7. The second kappa shape index (κ2) is 18.3. The number of thiazole rings is 1. The minimum absolute atomic E-state index is 0.00295. The second-order valence-corrected chi connectivity index (χ2v) is 17.6. The first kappa shape index (κ1) is 45.7. The van der Waals surface area contributed by atoms with Crippen molar-refractivity contribution >= 4 is 60.8 Å². The number of ether oxygens (including phenoxy) is 4. The molecule has 0 aliphatic carbocycles. The third-order valence-electron chi connectivity index (χ3n) is 12.4. The fourth-order valence-corrected chi connectivity index (χ4v) is 9.68. The lowest BCUT2D eigenvalue weighted by atomic mass is 9.78. The summed E-state index contributed by atoms with van der Waals surface area (Å²) < 4.78 is 24.3. The molecule has 6 rings (SSSR count). The van der Waals surface area contributed by atoms with Crippen molar-refractivity contribution in [3.8, 4) is 17.2 Å². The summed E-state index contributed by atoms with van der Waals surface area (Å²) in [5.74, 6) is -6.95. The SMILES string of the molecule is CO[C@H]1/C=C/O[C@@]2(C)Oc3c(C)c(O)c4c(O)c(c5sc(N6CCN(CCO)CC6)nc5c4c3C2=O)NC(=O)/C(C)=C\C=C\[C@H](C)[C@H](O)[C@@H](C)[C@@H](O)[C@@H](C)[C@H](OC(C)=O)[C@@H]1C. The van der Waals surface area contributed by atoms with E-state index in [4.69, 9.17) is 23.9 Å². The smallest absolute Gasteiger partial charge is 0.312 e. The summed E-state index contributed by atoms with van der Waals surface area (Å²) in [6.07, 6.45) is 3.89. The molecule has 1 fully saturated rings. The molecule has 3 aliphatic heterocycles. The molecule has 16 nitrogen and oxygen atoms in total. The summed E-state index contributed by atoms with van der Waals surface area (Å²) in [5, 5.41) is 59.7. The van der Waals surface area contributed by atoms with Crippen LogP contribution in [0.1, 0.15) is 64.4 Å². The van der Waals surface area contributed by atoms with Crippen molar-refractivity contribution in [1.29, 1.82) is 0 Å². The number of carbonyl (C=O) groups is 3. The van der Waals surface area contributed by atoms with E-state index in [1.807, 2.05) is 0 Å². The van der Waals surface area contributed by atoms with Crippen molar-refractivity contribution in [3.63, 3.8) is 0 Å². The molecule has 4 heterocycles. The highest BCUT2D eigenvalue weighted by atomic mass is 32.1. The number of nitrogens with one attached hydrogen (secondary N) is 1. The number of benzene rings is 2. The van der Waals surface area contributed by atoms with Gasteiger partial charge in [-0.1, -0.05) is 57.3 Å². The number of ketones is 1. The lowest BCUT2D eigenvalue weighted by Crippen LogP contribution is -2.47. The molecule has 1 saturated heterocycles. The van der Waals surface area contributed by atoms with Gasteiger partial charge in [0.1, 0.15) is 23.3 Å². The Labute approximate surface area is 359 Å². The van der Waals surface area contributed by atoms with Gasteiger partial charge in [0.25, 0.3) is 11.7 Å². The number of amides is 1. The Morgan fingerprint density at radius 3 is 2.33 bits per heavy atom. The van der Waals surface area contributed by atoms with Crippen molar-refractivity contribution in [2.75, 3.05) is 56.7 Å². The first-order valence-electron chi connectivity index (χ1n) is 20.6. The van der Waals surface area contributed by atoms with Crippen LogP contribution in [0.15, 0.2) is 36.1 Å². The van der Waals surface area contributed by atoms with Crippen LogP contribution in [0.5, 0.6) is 17.2 Å². The zero-order valence-electron chi connectivity index (χ0n) is 36.1. The van der Waals surface area contributed by atoms with Crippen LogP contribution in [0.25, 0.3) is 21.0 Å². The van der Waals surface area contributed by atoms with E-state index in [0.717, 1.165) is 0 Å². The number of aromatic nitrogens is 1. The molecule has 0 radical (unpaired) electrons. The van der Waals surface area contributed by atoms with Gasteiger partial charge in [-0.3, -0.25) is 19.3 Å². The van der Waals surface area contributed by atoms with Gasteiger partial charge < -0.3 is 54.7 Å². The third kappa shape index (κ3) is 8.68. The minimum Gasteiger partial charge on any atom is -0.507 e. The van der Waals surface area contributed by atoms with E-state index < -0.39 is 77.3 Å². The van der Waals surface area contributed by atoms with Crippen molar-refractivity contribution in [1.82, 2.24) is 9.88 Å². The van der Waals surface area contributed by atoms with Gasteiger partial charge in [0.15, 0.2) is 10.9 Å². The number of rotatable bonds is 5. The zero-order valence-corrected chi connectivity index (χ0v) is 36.9. The second-order valence-electron chi connectivity index (χ2n) is 16.6. The van der Waals surface area contributed by atoms with Crippen molar-refractivity contribution in [2.24, 2.45) is 23.7 Å². The molecular formula is C44H58N4O12S. The number of piperazine rings is 1. The average molecular weight is 867 g/mol. The molecule has 61 heavy (non-hydrogen) atoms. The predicted molar refractivity (Wildman–Crippen MR) is 231 cm³/mol. The quantitative estimate of drug-likeness (QED) is 0.150. The predicted octanol–water partition coefficient (Wildman–Crippen LogP) is 4.77. The van der Waals surface area contributed by atoms with Crippen molar-refractivity contribution < 1.29 is 58.9 Å². The standard InChI is InChI=1S/C44H58N4O12S/c1-21-11-10-12-22(2)42(56)45-33-37(54)30-29(32-40(33)61-43(46-32)48-16-14-47(15-17-48)18-19-49)31-39(26(6)36(30)53)60-44(8,41(31)55)58-20-13-28(57-9)23(3)38(59-27(7)50)25(5)35(52)24(4)34(21)51/h10-13,20-21,23-25,28,34-35,38,49,51-54H,14-19H2,1-9H3,(H,45,56)/b11-10+,20-13+,22-12-/t21-,23+,24+,25+,28-,34-,35+,38+,44-/m0/s1. The van der Waals surface area contributed by atoms with Gasteiger partial charge >= 0.3 is 11.8 Å². The zero-order chi connectivity index (χ0) is 44.7. The fraction of sp³-hybridized carbons (Fsp3) is 0.545. The normalized spacial score (nSPS) is 31.4. The average Bonchev–Trinajstić information content (AvgIpc) is 3.79. The van der Waals surface area contributed by atoms with Gasteiger partial charge in [-0.15, -0.1) is 0 Å². The highest BCUT2D eigenvalue weighted by molar-refractivity contribution is 7.23. The number of esters is 1. The highest BCUT2D eigenvalue weighted by Crippen LogP contribution is 2.55. The highest BCUT2D eigenvalue weighted by Gasteiger charge is 2.50. The van der Waals surface area contributed by atoms with Gasteiger partial charge in [-0.2, -0.15) is 0 Å². The number of carbonyl (C=O) groups excluding carboxylic acids is 3. The number of methoxy groups -OCH3 is 1. The van der Waals surface area contributed by atoms with E-state index in [9.17, 15) is 39.9 Å². The molecule has 332 valence electrons. The maximum absolute atomic E-state index is 14.7. The number of anilines is 2. The Morgan fingerprint density at radius 2 is 1.69 bits per heavy atom. The van der Waals surface area contributed by atoms with Gasteiger partial charge in [0.05, 0.1) is 52.3 Å². The van der Waals surface area contributed by atoms with Crippen LogP contribution in [0, 0.1) is 30.6 Å². The number of fused-ring (bicyclic) bond motifs is 1. The van der Waals surface area contributed by atoms with Crippen LogP contribution in [-0.4, -0.2) is 130 Å². The molecule has 6 N–H and O–H groups in total. The van der Waals surface area contributed by atoms with Crippen molar-refractivity contribution in [2.45, 2.75) is 85.6 Å². The molecule has 0 unspecified atom stereocenters. The lowest BCUT2D eigenvalue weighted by Gasteiger charge is -2.38. The Hall–Kier alpha value is -4.78. The van der Waals surface area contributed by atoms with Crippen LogP contribution in [0.3, 0.4) is 0 Å². The number of aromatic hydroxyl groups is 2. The Kier molecular flexibility index (Phi) is 13.7. The van der Waals surface area contributed by atoms with E-state index >= 15 is 0 Å². The monoisotopic (exact) mass is 866 g/mol. The van der Waals surface area contributed by atoms with Gasteiger partial charge in [-0.05, 0) is 19.9 Å². The molecule has 1 aromatic heterocycles. The molecular weight excluding hydrogens is 809 g/mol. The summed E-state index contributed by atoms with van der Waals surface area (Å²) >= 11 is 1.21. The van der Waals surface area contributed by atoms with Crippen LogP contribution in [0.2, 0.25) is 0 Å².